The van der Waals surface area contributed by atoms with Crippen LogP contribution in [0.3, 0.4) is 0 Å². The van der Waals surface area contributed by atoms with Crippen LogP contribution in [0.2, 0.25) is 0 Å². The van der Waals surface area contributed by atoms with Crippen molar-refractivity contribution in [3.63, 3.8) is 0 Å². The lowest BCUT2D eigenvalue weighted by Gasteiger charge is -2.27. The van der Waals surface area contributed by atoms with Crippen molar-refractivity contribution >= 4 is 6.03 Å². The van der Waals surface area contributed by atoms with Crippen molar-refractivity contribution in [3.8, 4) is 6.07 Å². The molecule has 70 valence electrons. The SMILES string of the molecule is CC1=C(C#N)C(C(C)C)NC(=O)N1. The number of hydrogen-bond acceptors (Lipinski definition) is 2. The first-order valence-electron chi connectivity index (χ1n) is 4.24. The number of carbonyl (C=O) groups is 1. The largest absolute Gasteiger partial charge is 0.330 e. The number of nitriles is 1. The molecule has 0 aliphatic carbocycles. The van der Waals surface area contributed by atoms with Crippen LogP contribution in [-0.2, 0) is 0 Å². The lowest BCUT2D eigenvalue weighted by atomic mass is 9.94. The van der Waals surface area contributed by atoms with E-state index in [1.807, 2.05) is 13.8 Å². The fraction of sp³-hybridized carbons (Fsp3) is 0.556. The van der Waals surface area contributed by atoms with E-state index >= 15 is 0 Å². The number of rotatable bonds is 1. The van der Waals surface area contributed by atoms with Crippen LogP contribution < -0.4 is 10.6 Å². The Labute approximate surface area is 77.6 Å². The highest BCUT2D eigenvalue weighted by molar-refractivity contribution is 5.79. The molecule has 0 bridgehead atoms. The van der Waals surface area contributed by atoms with Crippen LogP contribution in [0, 0.1) is 17.2 Å². The second-order valence-corrected chi connectivity index (χ2v) is 3.47. The Morgan fingerprint density at radius 3 is 2.62 bits per heavy atom. The Bertz CT molecular complexity index is 298. The van der Waals surface area contributed by atoms with Gasteiger partial charge in [-0.15, -0.1) is 0 Å². The smallest absolute Gasteiger partial charge is 0.319 e. The van der Waals surface area contributed by atoms with Gasteiger partial charge in [0.25, 0.3) is 0 Å². The Morgan fingerprint density at radius 2 is 2.15 bits per heavy atom. The average Bonchev–Trinajstić information content (AvgIpc) is 2.02. The van der Waals surface area contributed by atoms with Gasteiger partial charge in [-0.05, 0) is 12.8 Å². The predicted molar refractivity (Wildman–Crippen MR) is 48.6 cm³/mol. The molecule has 1 rings (SSSR count). The predicted octanol–water partition coefficient (Wildman–Crippen LogP) is 1.12. The summed E-state index contributed by atoms with van der Waals surface area (Å²) in [6, 6.07) is 1.73. The Balaban J connectivity index is 3.02. The minimum atomic E-state index is -0.227. The van der Waals surface area contributed by atoms with E-state index in [-0.39, 0.29) is 18.0 Å². The Kier molecular flexibility index (Phi) is 2.57. The molecule has 4 nitrogen and oxygen atoms in total. The van der Waals surface area contributed by atoms with Crippen molar-refractivity contribution in [2.75, 3.05) is 0 Å². The zero-order chi connectivity index (χ0) is 10.0. The van der Waals surface area contributed by atoms with Gasteiger partial charge < -0.3 is 10.6 Å². The molecule has 0 saturated carbocycles. The van der Waals surface area contributed by atoms with E-state index in [4.69, 9.17) is 5.26 Å². The van der Waals surface area contributed by atoms with Crippen LogP contribution in [-0.4, -0.2) is 12.1 Å². The normalized spacial score (nSPS) is 22.4. The topological polar surface area (TPSA) is 64.9 Å². The van der Waals surface area contributed by atoms with Crippen molar-refractivity contribution in [1.29, 1.82) is 5.26 Å². The summed E-state index contributed by atoms with van der Waals surface area (Å²) in [7, 11) is 0. The van der Waals surface area contributed by atoms with Gasteiger partial charge >= 0.3 is 6.03 Å². The van der Waals surface area contributed by atoms with Gasteiger partial charge in [0, 0.05) is 5.70 Å². The molecule has 1 aliphatic rings. The molecule has 1 aliphatic heterocycles. The van der Waals surface area contributed by atoms with Crippen LogP contribution in [0.25, 0.3) is 0 Å². The van der Waals surface area contributed by atoms with Gasteiger partial charge in [0.1, 0.15) is 0 Å². The third-order valence-electron chi connectivity index (χ3n) is 2.09. The average molecular weight is 179 g/mol. The lowest BCUT2D eigenvalue weighted by molar-refractivity contribution is 0.235. The molecule has 2 N–H and O–H groups in total. The molecule has 0 fully saturated rings. The minimum Gasteiger partial charge on any atom is -0.330 e. The van der Waals surface area contributed by atoms with Crippen molar-refractivity contribution < 1.29 is 4.79 Å². The molecule has 0 radical (unpaired) electrons. The Hall–Kier alpha value is -1.50. The first kappa shape index (κ1) is 9.59. The second-order valence-electron chi connectivity index (χ2n) is 3.47. The van der Waals surface area contributed by atoms with E-state index < -0.39 is 0 Å². The highest BCUT2D eigenvalue weighted by Crippen LogP contribution is 2.17. The van der Waals surface area contributed by atoms with Gasteiger partial charge in [0.05, 0.1) is 17.7 Å². The number of hydrogen-bond donors (Lipinski definition) is 2. The number of allylic oxidation sites excluding steroid dienone is 1. The fourth-order valence-electron chi connectivity index (χ4n) is 1.37. The van der Waals surface area contributed by atoms with E-state index in [2.05, 4.69) is 16.7 Å². The first-order valence-corrected chi connectivity index (χ1v) is 4.24. The molecule has 1 heterocycles. The van der Waals surface area contributed by atoms with Gasteiger partial charge in [0.15, 0.2) is 0 Å². The molecule has 2 amide bonds. The second kappa shape index (κ2) is 3.48. The van der Waals surface area contributed by atoms with E-state index in [1.54, 1.807) is 6.92 Å². The molecule has 0 aromatic rings. The van der Waals surface area contributed by atoms with Gasteiger partial charge in [-0.2, -0.15) is 5.26 Å². The lowest BCUT2D eigenvalue weighted by Crippen LogP contribution is -2.50. The maximum atomic E-state index is 11.1. The van der Waals surface area contributed by atoms with Crippen molar-refractivity contribution in [3.05, 3.63) is 11.3 Å². The minimum absolute atomic E-state index is 0.154. The fourth-order valence-corrected chi connectivity index (χ4v) is 1.37. The maximum absolute atomic E-state index is 11.1. The summed E-state index contributed by atoms with van der Waals surface area (Å²) in [6.45, 7) is 5.69. The van der Waals surface area contributed by atoms with E-state index in [9.17, 15) is 4.79 Å². The van der Waals surface area contributed by atoms with Gasteiger partial charge in [-0.1, -0.05) is 13.8 Å². The zero-order valence-electron chi connectivity index (χ0n) is 8.01. The monoisotopic (exact) mass is 179 g/mol. The molecule has 1 unspecified atom stereocenters. The van der Waals surface area contributed by atoms with Crippen molar-refractivity contribution in [2.45, 2.75) is 26.8 Å². The molecule has 0 spiro atoms. The Morgan fingerprint density at radius 1 is 1.54 bits per heavy atom. The van der Waals surface area contributed by atoms with Crippen LogP contribution in [0.15, 0.2) is 11.3 Å². The van der Waals surface area contributed by atoms with Crippen LogP contribution in [0.5, 0.6) is 0 Å². The molecule has 4 heteroatoms. The molecule has 13 heavy (non-hydrogen) atoms. The summed E-state index contributed by atoms with van der Waals surface area (Å²) in [5.41, 5.74) is 1.28. The van der Waals surface area contributed by atoms with Crippen LogP contribution in [0.1, 0.15) is 20.8 Å². The molecular formula is C9H13N3O. The highest BCUT2D eigenvalue weighted by Gasteiger charge is 2.26. The quantitative estimate of drug-likeness (QED) is 0.633. The van der Waals surface area contributed by atoms with E-state index in [1.165, 1.54) is 0 Å². The third-order valence-corrected chi connectivity index (χ3v) is 2.09. The van der Waals surface area contributed by atoms with Gasteiger partial charge in [-0.25, -0.2) is 4.79 Å². The number of amides is 2. The van der Waals surface area contributed by atoms with E-state index in [0.29, 0.717) is 11.3 Å². The summed E-state index contributed by atoms with van der Waals surface area (Å²) in [4.78, 5) is 11.1. The number of carbonyl (C=O) groups excluding carboxylic acids is 1. The van der Waals surface area contributed by atoms with Crippen molar-refractivity contribution in [2.24, 2.45) is 5.92 Å². The summed E-state index contributed by atoms with van der Waals surface area (Å²) in [5.74, 6) is 0.232. The molecule has 0 aromatic heterocycles. The molecule has 0 saturated heterocycles. The first-order chi connectivity index (χ1) is 6.06. The van der Waals surface area contributed by atoms with E-state index in [0.717, 1.165) is 0 Å². The molecule has 1 atom stereocenters. The van der Waals surface area contributed by atoms with Gasteiger partial charge in [0.2, 0.25) is 0 Å². The van der Waals surface area contributed by atoms with Crippen molar-refractivity contribution in [1.82, 2.24) is 10.6 Å². The summed E-state index contributed by atoms with van der Waals surface area (Å²) >= 11 is 0. The summed E-state index contributed by atoms with van der Waals surface area (Å²) in [6.07, 6.45) is 0. The molecule has 0 aromatic carbocycles. The number of nitrogens with one attached hydrogen (secondary N) is 2. The van der Waals surface area contributed by atoms with Crippen LogP contribution >= 0.6 is 0 Å². The number of nitrogens with zero attached hydrogens (tertiary/aromatic N) is 1. The van der Waals surface area contributed by atoms with Gasteiger partial charge in [-0.3, -0.25) is 0 Å². The third kappa shape index (κ3) is 1.81. The summed E-state index contributed by atoms with van der Waals surface area (Å²) in [5, 5.41) is 14.2. The maximum Gasteiger partial charge on any atom is 0.319 e. The molecular weight excluding hydrogens is 166 g/mol. The van der Waals surface area contributed by atoms with Crippen LogP contribution in [0.4, 0.5) is 4.79 Å². The summed E-state index contributed by atoms with van der Waals surface area (Å²) < 4.78 is 0. The highest BCUT2D eigenvalue weighted by atomic mass is 16.2. The zero-order valence-corrected chi connectivity index (χ0v) is 8.01. The standard InChI is InChI=1S/C9H13N3O/c1-5(2)8-7(4-10)6(3)11-9(13)12-8/h5,8H,1-3H3,(H2,11,12,13). The number of urea groups is 1.